The monoisotopic (exact) mass is 596 g/mol. The molecule has 42 heavy (non-hydrogen) atoms. The molecule has 2 aliphatic rings. The van der Waals surface area contributed by atoms with Gasteiger partial charge in [0, 0.05) is 12.0 Å². The third kappa shape index (κ3) is 16.2. The number of unbranched alkanes of at least 4 members (excludes halogenated alkanes) is 13. The predicted octanol–water partition coefficient (Wildman–Crippen LogP) is 7.06. The Kier molecular flexibility index (Phi) is 19.9. The summed E-state index contributed by atoms with van der Waals surface area (Å²) in [6.07, 6.45) is 22.4. The Morgan fingerprint density at radius 3 is 1.93 bits per heavy atom. The van der Waals surface area contributed by atoms with E-state index in [4.69, 9.17) is 9.47 Å². The van der Waals surface area contributed by atoms with E-state index in [0.29, 0.717) is 37.7 Å². The zero-order valence-corrected chi connectivity index (χ0v) is 26.9. The van der Waals surface area contributed by atoms with Crippen LogP contribution in [0, 0.1) is 0 Å². The lowest BCUT2D eigenvalue weighted by molar-refractivity contribution is -0.139. The van der Waals surface area contributed by atoms with Gasteiger partial charge in [-0.2, -0.15) is 0 Å². The molecular formula is C35H64O7. The zero-order valence-electron chi connectivity index (χ0n) is 26.9. The quantitative estimate of drug-likeness (QED) is 0.0624. The van der Waals surface area contributed by atoms with E-state index in [1.165, 1.54) is 51.4 Å². The Hall–Kier alpha value is -0.990. The third-order valence-corrected chi connectivity index (χ3v) is 9.14. The molecule has 1 saturated heterocycles. The maximum absolute atomic E-state index is 11.7. The van der Waals surface area contributed by atoms with Gasteiger partial charge in [0.25, 0.3) is 0 Å². The van der Waals surface area contributed by atoms with Crippen LogP contribution in [0.2, 0.25) is 0 Å². The Morgan fingerprint density at radius 2 is 1.31 bits per heavy atom. The van der Waals surface area contributed by atoms with Crippen LogP contribution in [-0.4, -0.2) is 69.1 Å². The molecule has 2 heterocycles. The van der Waals surface area contributed by atoms with Crippen molar-refractivity contribution in [3.05, 3.63) is 11.6 Å². The van der Waals surface area contributed by atoms with Crippen LogP contribution in [0.4, 0.5) is 0 Å². The summed E-state index contributed by atoms with van der Waals surface area (Å²) in [7, 11) is 0. The first-order valence-electron chi connectivity index (χ1n) is 17.6. The van der Waals surface area contributed by atoms with E-state index in [0.717, 1.165) is 64.2 Å². The van der Waals surface area contributed by atoms with Crippen LogP contribution in [0.1, 0.15) is 162 Å². The molecule has 0 spiro atoms. The number of cyclic esters (lactones) is 1. The van der Waals surface area contributed by atoms with E-state index in [1.807, 2.05) is 6.92 Å². The number of carbonyl (C=O) groups is 1. The van der Waals surface area contributed by atoms with Crippen molar-refractivity contribution >= 4 is 5.97 Å². The van der Waals surface area contributed by atoms with Crippen molar-refractivity contribution in [3.63, 3.8) is 0 Å². The lowest BCUT2D eigenvalue weighted by atomic mass is 9.97. The van der Waals surface area contributed by atoms with Gasteiger partial charge in [-0.05, 0) is 57.9 Å². The summed E-state index contributed by atoms with van der Waals surface area (Å²) >= 11 is 0. The first-order chi connectivity index (χ1) is 20.3. The van der Waals surface area contributed by atoms with Gasteiger partial charge in [0.1, 0.15) is 6.10 Å². The van der Waals surface area contributed by atoms with Crippen LogP contribution in [-0.2, 0) is 14.3 Å². The third-order valence-electron chi connectivity index (χ3n) is 9.14. The van der Waals surface area contributed by atoms with Crippen molar-refractivity contribution in [2.75, 3.05) is 0 Å². The molecular weight excluding hydrogens is 532 g/mol. The molecule has 7 nitrogen and oxygen atoms in total. The van der Waals surface area contributed by atoms with E-state index in [1.54, 1.807) is 6.08 Å². The minimum absolute atomic E-state index is 0.168. The smallest absolute Gasteiger partial charge is 0.334 e. The molecule has 0 bridgehead atoms. The Morgan fingerprint density at radius 1 is 0.738 bits per heavy atom. The van der Waals surface area contributed by atoms with Gasteiger partial charge in [0.15, 0.2) is 0 Å². The zero-order chi connectivity index (χ0) is 30.6. The van der Waals surface area contributed by atoms with Gasteiger partial charge in [-0.15, -0.1) is 0 Å². The van der Waals surface area contributed by atoms with Gasteiger partial charge in [-0.1, -0.05) is 103 Å². The number of aliphatic hydroxyl groups is 4. The topological polar surface area (TPSA) is 116 Å². The summed E-state index contributed by atoms with van der Waals surface area (Å²) in [5.74, 6) is -0.295. The molecule has 2 aliphatic heterocycles. The fraction of sp³-hybridized carbons (Fsp3) is 0.914. The maximum Gasteiger partial charge on any atom is 0.334 e. The highest BCUT2D eigenvalue weighted by molar-refractivity contribution is 5.90. The summed E-state index contributed by atoms with van der Waals surface area (Å²) in [5.41, 5.74) is 0.600. The van der Waals surface area contributed by atoms with Gasteiger partial charge in [-0.3, -0.25) is 0 Å². The first-order valence-corrected chi connectivity index (χ1v) is 17.6. The molecule has 0 aromatic carbocycles. The maximum atomic E-state index is 11.7. The lowest BCUT2D eigenvalue weighted by Crippen LogP contribution is -2.31. The molecule has 0 saturated carbocycles. The molecule has 2 rings (SSSR count). The van der Waals surface area contributed by atoms with Crippen molar-refractivity contribution in [3.8, 4) is 0 Å². The van der Waals surface area contributed by atoms with E-state index < -0.39 is 24.4 Å². The van der Waals surface area contributed by atoms with Crippen LogP contribution in [0.25, 0.3) is 0 Å². The van der Waals surface area contributed by atoms with E-state index in [-0.39, 0.29) is 24.3 Å². The molecule has 0 aliphatic carbocycles. The van der Waals surface area contributed by atoms with Gasteiger partial charge < -0.3 is 29.9 Å². The Bertz CT molecular complexity index is 726. The van der Waals surface area contributed by atoms with Crippen molar-refractivity contribution in [1.29, 1.82) is 0 Å². The average Bonchev–Trinajstić information content (AvgIpc) is 3.57. The number of carbonyl (C=O) groups excluding carboxylic acids is 1. The number of hydrogen-bond donors (Lipinski definition) is 4. The number of hydrogen-bond acceptors (Lipinski definition) is 7. The van der Waals surface area contributed by atoms with E-state index in [2.05, 4.69) is 6.92 Å². The lowest BCUT2D eigenvalue weighted by Gasteiger charge is -2.22. The molecule has 0 aromatic heterocycles. The second-order valence-electron chi connectivity index (χ2n) is 13.1. The van der Waals surface area contributed by atoms with Crippen LogP contribution < -0.4 is 0 Å². The highest BCUT2D eigenvalue weighted by Gasteiger charge is 2.31. The van der Waals surface area contributed by atoms with Crippen LogP contribution >= 0.6 is 0 Å². The van der Waals surface area contributed by atoms with Crippen LogP contribution in [0.15, 0.2) is 11.6 Å². The molecule has 0 aromatic rings. The molecule has 0 radical (unpaired) electrons. The second-order valence-corrected chi connectivity index (χ2v) is 13.1. The highest BCUT2D eigenvalue weighted by atomic mass is 16.5. The SMILES string of the molecule is CCCCCCCCCCCC[C@H](O)[C@H](O)CC[C@H](O)[C@@H]1CC[C@@H](CCCCCCC[C@@H](O)CC2=C[C@H](C)OC2=O)O1. The van der Waals surface area contributed by atoms with Crippen molar-refractivity contribution in [2.24, 2.45) is 0 Å². The summed E-state index contributed by atoms with van der Waals surface area (Å²) in [4.78, 5) is 11.7. The average molecular weight is 597 g/mol. The minimum atomic E-state index is -0.781. The minimum Gasteiger partial charge on any atom is -0.455 e. The van der Waals surface area contributed by atoms with E-state index in [9.17, 15) is 25.2 Å². The van der Waals surface area contributed by atoms with Crippen molar-refractivity contribution in [1.82, 2.24) is 0 Å². The van der Waals surface area contributed by atoms with Gasteiger partial charge in [0.2, 0.25) is 0 Å². The molecule has 7 atom stereocenters. The van der Waals surface area contributed by atoms with Crippen LogP contribution in [0.5, 0.6) is 0 Å². The van der Waals surface area contributed by atoms with Crippen LogP contribution in [0.3, 0.4) is 0 Å². The largest absolute Gasteiger partial charge is 0.455 e. The normalized spacial score (nSPS) is 23.5. The van der Waals surface area contributed by atoms with Crippen molar-refractivity contribution < 1.29 is 34.7 Å². The molecule has 7 heteroatoms. The number of rotatable bonds is 26. The predicted molar refractivity (Wildman–Crippen MR) is 168 cm³/mol. The van der Waals surface area contributed by atoms with Gasteiger partial charge >= 0.3 is 5.97 Å². The van der Waals surface area contributed by atoms with Gasteiger partial charge in [0.05, 0.1) is 36.6 Å². The standard InChI is InChI=1S/C35H64O7/c1-3-4-5-6-7-8-9-10-14-17-20-31(37)32(38)22-23-33(39)34-24-21-30(42-34)19-16-13-11-12-15-18-29(36)26-28-25-27(2)41-35(28)40/h25,27,29-34,36-39H,3-24,26H2,1-2H3/t27-,29+,30+,31-,32+,33-,34-/m0/s1. The number of esters is 1. The fourth-order valence-corrected chi connectivity index (χ4v) is 6.40. The second kappa shape index (κ2) is 22.5. The molecule has 0 amide bonds. The molecule has 4 N–H and O–H groups in total. The number of ether oxygens (including phenoxy) is 2. The summed E-state index contributed by atoms with van der Waals surface area (Å²) in [6, 6.07) is 0. The summed E-state index contributed by atoms with van der Waals surface area (Å²) < 4.78 is 11.2. The fourth-order valence-electron chi connectivity index (χ4n) is 6.40. The van der Waals surface area contributed by atoms with Crippen molar-refractivity contribution in [2.45, 2.75) is 204 Å². The molecule has 1 fully saturated rings. The highest BCUT2D eigenvalue weighted by Crippen LogP contribution is 2.28. The molecule has 0 unspecified atom stereocenters. The van der Waals surface area contributed by atoms with Gasteiger partial charge in [-0.25, -0.2) is 4.79 Å². The summed E-state index contributed by atoms with van der Waals surface area (Å²) in [6.45, 7) is 4.07. The van der Waals surface area contributed by atoms with E-state index >= 15 is 0 Å². The first kappa shape index (κ1) is 37.2. The Labute approximate surface area is 256 Å². The number of aliphatic hydroxyl groups excluding tert-OH is 4. The Balaban J connectivity index is 1.42. The summed E-state index contributed by atoms with van der Waals surface area (Å²) in [5, 5.41) is 41.6. The molecule has 246 valence electrons.